The highest BCUT2D eigenvalue weighted by Gasteiger charge is 2.06. The first-order valence-electron chi connectivity index (χ1n) is 6.59. The van der Waals surface area contributed by atoms with Gasteiger partial charge in [-0.3, -0.25) is 0 Å². The van der Waals surface area contributed by atoms with Crippen LogP contribution in [0.25, 0.3) is 10.9 Å². The zero-order chi connectivity index (χ0) is 13.2. The maximum atomic E-state index is 6.05. The molecule has 0 fully saturated rings. The van der Waals surface area contributed by atoms with E-state index in [2.05, 4.69) is 48.0 Å². The van der Waals surface area contributed by atoms with Gasteiger partial charge >= 0.3 is 0 Å². The molecule has 0 aliphatic carbocycles. The summed E-state index contributed by atoms with van der Waals surface area (Å²) in [4.78, 5) is 0. The van der Waals surface area contributed by atoms with Crippen molar-refractivity contribution in [3.05, 3.63) is 70.9 Å². The smallest absolute Gasteiger partial charge is 0.0515 e. The van der Waals surface area contributed by atoms with Crippen LogP contribution in [0.5, 0.6) is 0 Å². The van der Waals surface area contributed by atoms with Gasteiger partial charge in [-0.05, 0) is 41.1 Å². The summed E-state index contributed by atoms with van der Waals surface area (Å²) in [5, 5.41) is 2.10. The topological polar surface area (TPSA) is 4.93 Å². The molecular weight excluding hydrogens is 254 g/mol. The number of fused-ring (bicyclic) bond motifs is 1. The van der Waals surface area contributed by atoms with E-state index >= 15 is 0 Å². The van der Waals surface area contributed by atoms with Gasteiger partial charge < -0.3 is 4.57 Å². The summed E-state index contributed by atoms with van der Waals surface area (Å²) in [6.07, 6.45) is 3.21. The molecule has 3 rings (SSSR count). The summed E-state index contributed by atoms with van der Waals surface area (Å²) in [5.74, 6) is 0. The number of rotatable bonds is 3. The van der Waals surface area contributed by atoms with Gasteiger partial charge in [0.05, 0.1) is 5.52 Å². The average Bonchev–Trinajstić information content (AvgIpc) is 2.82. The highest BCUT2D eigenvalue weighted by molar-refractivity contribution is 6.30. The number of aryl methyl sites for hydroxylation is 1. The molecule has 0 aliphatic heterocycles. The Bertz CT molecular complexity index is 712. The van der Waals surface area contributed by atoms with E-state index in [1.54, 1.807) is 0 Å². The number of hydrogen-bond donors (Lipinski definition) is 0. The third-order valence-electron chi connectivity index (χ3n) is 3.49. The van der Waals surface area contributed by atoms with Crippen LogP contribution >= 0.6 is 11.6 Å². The van der Waals surface area contributed by atoms with E-state index in [1.165, 1.54) is 22.0 Å². The zero-order valence-corrected chi connectivity index (χ0v) is 11.7. The molecule has 0 aliphatic rings. The molecule has 2 aromatic carbocycles. The summed E-state index contributed by atoms with van der Waals surface area (Å²) in [7, 11) is 0. The normalized spacial score (nSPS) is 11.1. The molecule has 0 N–H and O–H groups in total. The summed E-state index contributed by atoms with van der Waals surface area (Å²) in [5.41, 5.74) is 3.96. The van der Waals surface area contributed by atoms with Gasteiger partial charge in [-0.15, -0.1) is 0 Å². The van der Waals surface area contributed by atoms with Gasteiger partial charge in [0, 0.05) is 17.8 Å². The van der Waals surface area contributed by atoms with Crippen molar-refractivity contribution < 1.29 is 0 Å². The first kappa shape index (κ1) is 12.3. The fraction of sp³-hybridized carbons (Fsp3) is 0.176. The SMILES string of the molecule is CCc1cccc2ccn(Cc3cccc(Cl)c3)c12. The minimum absolute atomic E-state index is 0.796. The molecule has 0 saturated carbocycles. The van der Waals surface area contributed by atoms with E-state index in [0.29, 0.717) is 0 Å². The van der Waals surface area contributed by atoms with Crippen molar-refractivity contribution in [3.63, 3.8) is 0 Å². The third-order valence-corrected chi connectivity index (χ3v) is 3.73. The van der Waals surface area contributed by atoms with Gasteiger partial charge in [0.25, 0.3) is 0 Å². The van der Waals surface area contributed by atoms with E-state index in [0.717, 1.165) is 18.0 Å². The summed E-state index contributed by atoms with van der Waals surface area (Å²) < 4.78 is 2.31. The highest BCUT2D eigenvalue weighted by Crippen LogP contribution is 2.22. The molecule has 0 amide bonds. The van der Waals surface area contributed by atoms with Crippen LogP contribution in [-0.2, 0) is 13.0 Å². The lowest BCUT2D eigenvalue weighted by molar-refractivity contribution is 0.831. The molecule has 1 aromatic heterocycles. The highest BCUT2D eigenvalue weighted by atomic mass is 35.5. The predicted molar refractivity (Wildman–Crippen MR) is 81.9 cm³/mol. The van der Waals surface area contributed by atoms with Crippen molar-refractivity contribution >= 4 is 22.5 Å². The van der Waals surface area contributed by atoms with Gasteiger partial charge in [0.15, 0.2) is 0 Å². The van der Waals surface area contributed by atoms with Crippen LogP contribution in [0.4, 0.5) is 0 Å². The molecule has 1 heterocycles. The van der Waals surface area contributed by atoms with Crippen molar-refractivity contribution in [2.75, 3.05) is 0 Å². The quantitative estimate of drug-likeness (QED) is 0.637. The number of hydrogen-bond acceptors (Lipinski definition) is 0. The molecule has 0 radical (unpaired) electrons. The lowest BCUT2D eigenvalue weighted by Gasteiger charge is -2.09. The average molecular weight is 270 g/mol. The fourth-order valence-corrected chi connectivity index (χ4v) is 2.80. The molecule has 0 bridgehead atoms. The Morgan fingerprint density at radius 2 is 1.89 bits per heavy atom. The second kappa shape index (κ2) is 5.10. The number of benzene rings is 2. The van der Waals surface area contributed by atoms with Crippen molar-refractivity contribution in [3.8, 4) is 0 Å². The van der Waals surface area contributed by atoms with Crippen molar-refractivity contribution in [1.82, 2.24) is 4.57 Å². The lowest BCUT2D eigenvalue weighted by Crippen LogP contribution is -1.99. The van der Waals surface area contributed by atoms with Gasteiger partial charge in [0.2, 0.25) is 0 Å². The molecule has 3 aromatic rings. The summed E-state index contributed by atoms with van der Waals surface area (Å²) >= 11 is 6.05. The molecule has 96 valence electrons. The van der Waals surface area contributed by atoms with Gasteiger partial charge in [-0.2, -0.15) is 0 Å². The van der Waals surface area contributed by atoms with Gasteiger partial charge in [-0.25, -0.2) is 0 Å². The Hall–Kier alpha value is -1.73. The van der Waals surface area contributed by atoms with Gasteiger partial charge in [0.1, 0.15) is 0 Å². The van der Waals surface area contributed by atoms with E-state index in [-0.39, 0.29) is 0 Å². The second-order valence-corrected chi connectivity index (χ2v) is 5.22. The Labute approximate surface area is 118 Å². The summed E-state index contributed by atoms with van der Waals surface area (Å²) in [6, 6.07) is 16.7. The molecular formula is C17H16ClN. The van der Waals surface area contributed by atoms with Crippen LogP contribution in [0, 0.1) is 0 Å². The van der Waals surface area contributed by atoms with Crippen molar-refractivity contribution in [2.24, 2.45) is 0 Å². The minimum Gasteiger partial charge on any atom is -0.343 e. The lowest BCUT2D eigenvalue weighted by atomic mass is 10.1. The second-order valence-electron chi connectivity index (χ2n) is 4.78. The fourth-order valence-electron chi connectivity index (χ4n) is 2.59. The van der Waals surface area contributed by atoms with Gasteiger partial charge in [-0.1, -0.05) is 48.9 Å². The Balaban J connectivity index is 2.06. The van der Waals surface area contributed by atoms with E-state index in [1.807, 2.05) is 18.2 Å². The van der Waals surface area contributed by atoms with Crippen LogP contribution in [0.15, 0.2) is 54.7 Å². The number of para-hydroxylation sites is 1. The molecule has 19 heavy (non-hydrogen) atoms. The maximum Gasteiger partial charge on any atom is 0.0515 e. The van der Waals surface area contributed by atoms with Crippen LogP contribution in [0.1, 0.15) is 18.1 Å². The Morgan fingerprint density at radius 3 is 2.68 bits per heavy atom. The van der Waals surface area contributed by atoms with Crippen LogP contribution < -0.4 is 0 Å². The molecule has 2 heteroatoms. The first-order valence-corrected chi connectivity index (χ1v) is 6.97. The predicted octanol–water partition coefficient (Wildman–Crippen LogP) is 4.91. The van der Waals surface area contributed by atoms with Crippen LogP contribution in [-0.4, -0.2) is 4.57 Å². The number of nitrogens with zero attached hydrogens (tertiary/aromatic N) is 1. The van der Waals surface area contributed by atoms with Crippen molar-refractivity contribution in [1.29, 1.82) is 0 Å². The standard InChI is InChI=1S/C17H16ClN/c1-2-14-6-4-7-15-9-10-19(17(14)15)12-13-5-3-8-16(18)11-13/h3-11H,2,12H2,1H3. The molecule has 0 unspecified atom stereocenters. The molecule has 0 saturated heterocycles. The maximum absolute atomic E-state index is 6.05. The van der Waals surface area contributed by atoms with Crippen LogP contribution in [0.2, 0.25) is 5.02 Å². The molecule has 0 spiro atoms. The summed E-state index contributed by atoms with van der Waals surface area (Å²) in [6.45, 7) is 3.06. The first-order chi connectivity index (χ1) is 9.28. The monoisotopic (exact) mass is 269 g/mol. The van der Waals surface area contributed by atoms with Crippen molar-refractivity contribution in [2.45, 2.75) is 19.9 Å². The van der Waals surface area contributed by atoms with E-state index < -0.39 is 0 Å². The largest absolute Gasteiger partial charge is 0.343 e. The zero-order valence-electron chi connectivity index (χ0n) is 10.9. The van der Waals surface area contributed by atoms with E-state index in [9.17, 15) is 0 Å². The number of aromatic nitrogens is 1. The third kappa shape index (κ3) is 2.39. The Kier molecular flexibility index (Phi) is 3.31. The van der Waals surface area contributed by atoms with Crippen LogP contribution in [0.3, 0.4) is 0 Å². The minimum atomic E-state index is 0.796. The molecule has 1 nitrogen and oxygen atoms in total. The Morgan fingerprint density at radius 1 is 1.05 bits per heavy atom. The van der Waals surface area contributed by atoms with E-state index in [4.69, 9.17) is 11.6 Å². The number of halogens is 1. The molecule has 0 atom stereocenters.